The van der Waals surface area contributed by atoms with Crippen molar-refractivity contribution in [2.75, 3.05) is 25.1 Å². The first-order chi connectivity index (χ1) is 14.8. The van der Waals surface area contributed by atoms with Crippen molar-refractivity contribution >= 4 is 27.3 Å². The molecule has 32 heavy (non-hydrogen) atoms. The van der Waals surface area contributed by atoms with Crippen LogP contribution in [0.2, 0.25) is 0 Å². The van der Waals surface area contributed by atoms with Crippen molar-refractivity contribution in [2.45, 2.75) is 32.7 Å². The number of alkyl halides is 3. The average molecular weight is 475 g/mol. The highest BCUT2D eigenvalue weighted by Gasteiger charge is 2.33. The van der Waals surface area contributed by atoms with Crippen LogP contribution in [0.15, 0.2) is 18.2 Å². The Morgan fingerprint density at radius 2 is 2.06 bits per heavy atom. The Hall–Kier alpha value is -2.81. The molecule has 2 rings (SSSR count). The number of carbonyl (C=O) groups excluding carboxylic acids is 2. The highest BCUT2D eigenvalue weighted by molar-refractivity contribution is 7.90. The lowest BCUT2D eigenvalue weighted by Crippen LogP contribution is -2.47. The molecule has 1 heterocycles. The second-order valence-corrected chi connectivity index (χ2v) is 9.97. The lowest BCUT2D eigenvalue weighted by Gasteiger charge is -2.33. The number of ether oxygens (including phenoxy) is 1. The van der Waals surface area contributed by atoms with Gasteiger partial charge in [-0.2, -0.15) is 0 Å². The number of amides is 2. The summed E-state index contributed by atoms with van der Waals surface area (Å²) in [6, 6.07) is 3.55. The standard InChI is InChI=1S/C20H24F3N3O5S/c1-13(12-32(3,29)30)19(28)26-8-4-5-15(11-26)18(27)25-10-14-6-7-16(24-2)9-17(14)31-20(21,22)23/h6-7,9,13,15H,4-5,8,10-12H2,1,3H3,(H,25,27)/t13-,15+/m0/s1. The number of nitrogens with zero attached hydrogens (tertiary/aromatic N) is 2. The number of sulfone groups is 1. The number of likely N-dealkylation sites (tertiary alicyclic amines) is 1. The summed E-state index contributed by atoms with van der Waals surface area (Å²) in [5.74, 6) is -2.97. The highest BCUT2D eigenvalue weighted by Crippen LogP contribution is 2.30. The minimum absolute atomic E-state index is 0.0380. The lowest BCUT2D eigenvalue weighted by molar-refractivity contribution is -0.274. The summed E-state index contributed by atoms with van der Waals surface area (Å²) in [7, 11) is -3.34. The Bertz CT molecular complexity index is 1000. The molecule has 176 valence electrons. The van der Waals surface area contributed by atoms with Crippen molar-refractivity contribution in [3.63, 3.8) is 0 Å². The number of benzene rings is 1. The first kappa shape index (κ1) is 25.5. The molecule has 1 aliphatic rings. The fraction of sp³-hybridized carbons (Fsp3) is 0.550. The summed E-state index contributed by atoms with van der Waals surface area (Å²) in [6.45, 7) is 8.69. The van der Waals surface area contributed by atoms with Crippen LogP contribution in [0.5, 0.6) is 5.75 Å². The number of hydrogen-bond acceptors (Lipinski definition) is 5. The van der Waals surface area contributed by atoms with Gasteiger partial charge in [0.15, 0.2) is 5.69 Å². The third-order valence-electron chi connectivity index (χ3n) is 4.94. The molecule has 1 aromatic rings. The predicted octanol–water partition coefficient (Wildman–Crippen LogP) is 2.67. The van der Waals surface area contributed by atoms with Crippen LogP contribution in [-0.4, -0.2) is 56.6 Å². The molecule has 12 heteroatoms. The maximum Gasteiger partial charge on any atom is 0.573 e. The van der Waals surface area contributed by atoms with E-state index in [1.807, 2.05) is 0 Å². The fourth-order valence-corrected chi connectivity index (χ4v) is 4.58. The van der Waals surface area contributed by atoms with Gasteiger partial charge in [0.25, 0.3) is 0 Å². The van der Waals surface area contributed by atoms with Crippen molar-refractivity contribution in [3.8, 4) is 5.75 Å². The minimum Gasteiger partial charge on any atom is -0.407 e. The second-order valence-electron chi connectivity index (χ2n) is 7.79. The molecule has 1 aromatic carbocycles. The molecule has 2 atom stereocenters. The average Bonchev–Trinajstić information content (AvgIpc) is 2.69. The molecule has 0 spiro atoms. The van der Waals surface area contributed by atoms with Crippen LogP contribution in [0.25, 0.3) is 4.85 Å². The van der Waals surface area contributed by atoms with E-state index < -0.39 is 39.7 Å². The largest absolute Gasteiger partial charge is 0.573 e. The third kappa shape index (κ3) is 7.71. The van der Waals surface area contributed by atoms with Gasteiger partial charge in [-0.05, 0) is 18.9 Å². The summed E-state index contributed by atoms with van der Waals surface area (Å²) in [6.07, 6.45) is -2.88. The van der Waals surface area contributed by atoms with Gasteiger partial charge in [-0.15, -0.1) is 13.2 Å². The number of nitrogens with one attached hydrogen (secondary N) is 1. The third-order valence-corrected chi connectivity index (χ3v) is 6.04. The van der Waals surface area contributed by atoms with Crippen LogP contribution in [-0.2, 0) is 26.0 Å². The normalized spacial score (nSPS) is 17.9. The smallest absolute Gasteiger partial charge is 0.407 e. The number of hydrogen-bond donors (Lipinski definition) is 1. The first-order valence-corrected chi connectivity index (χ1v) is 11.9. The SMILES string of the molecule is [C-]#[N+]c1ccc(CNC(=O)[C@@H]2CCCN(C(=O)[C@@H](C)CS(C)(=O)=O)C2)c(OC(F)(F)F)c1. The fourth-order valence-electron chi connectivity index (χ4n) is 3.53. The molecule has 0 aromatic heterocycles. The molecule has 0 aliphatic carbocycles. The quantitative estimate of drug-likeness (QED) is 0.612. The Labute approximate surface area is 184 Å². The van der Waals surface area contributed by atoms with Crippen LogP contribution in [0.1, 0.15) is 25.3 Å². The van der Waals surface area contributed by atoms with Gasteiger partial charge < -0.3 is 15.0 Å². The van der Waals surface area contributed by atoms with Crippen molar-refractivity contribution in [3.05, 3.63) is 35.2 Å². The Morgan fingerprint density at radius 1 is 1.38 bits per heavy atom. The zero-order chi connectivity index (χ0) is 24.1. The molecule has 1 fully saturated rings. The van der Waals surface area contributed by atoms with Crippen molar-refractivity contribution in [2.24, 2.45) is 11.8 Å². The molecule has 0 bridgehead atoms. The van der Waals surface area contributed by atoms with Crippen LogP contribution < -0.4 is 10.1 Å². The number of piperidine rings is 1. The maximum absolute atomic E-state index is 12.7. The van der Waals surface area contributed by atoms with Crippen molar-refractivity contribution in [1.82, 2.24) is 10.2 Å². The Balaban J connectivity index is 2.03. The van der Waals surface area contributed by atoms with E-state index in [1.54, 1.807) is 0 Å². The number of halogens is 3. The molecule has 1 aliphatic heterocycles. The summed E-state index contributed by atoms with van der Waals surface area (Å²) in [5.41, 5.74) is 0.0116. The van der Waals surface area contributed by atoms with E-state index in [4.69, 9.17) is 6.57 Å². The zero-order valence-corrected chi connectivity index (χ0v) is 18.4. The van der Waals surface area contributed by atoms with Crippen LogP contribution in [0, 0.1) is 18.4 Å². The van der Waals surface area contributed by atoms with E-state index in [0.29, 0.717) is 19.4 Å². The molecule has 0 unspecified atom stereocenters. The molecule has 8 nitrogen and oxygen atoms in total. The van der Waals surface area contributed by atoms with E-state index in [0.717, 1.165) is 12.3 Å². The van der Waals surface area contributed by atoms with Gasteiger partial charge in [0, 0.05) is 37.4 Å². The van der Waals surface area contributed by atoms with Crippen LogP contribution in [0.3, 0.4) is 0 Å². The van der Waals surface area contributed by atoms with Crippen LogP contribution >= 0.6 is 0 Å². The molecule has 1 N–H and O–H groups in total. The van der Waals surface area contributed by atoms with Gasteiger partial charge in [0.2, 0.25) is 11.8 Å². The predicted molar refractivity (Wildman–Crippen MR) is 109 cm³/mol. The monoisotopic (exact) mass is 475 g/mol. The molecule has 0 saturated carbocycles. The van der Waals surface area contributed by atoms with Gasteiger partial charge in [-0.1, -0.05) is 19.1 Å². The van der Waals surface area contributed by atoms with Crippen molar-refractivity contribution in [1.29, 1.82) is 0 Å². The van der Waals surface area contributed by atoms with E-state index in [9.17, 15) is 31.2 Å². The topological polar surface area (TPSA) is 97.1 Å². The number of carbonyl (C=O) groups is 2. The second kappa shape index (κ2) is 10.2. The summed E-state index contributed by atoms with van der Waals surface area (Å²) in [5, 5.41) is 2.56. The Kier molecular flexibility index (Phi) is 8.12. The van der Waals surface area contributed by atoms with Crippen LogP contribution in [0.4, 0.5) is 18.9 Å². The van der Waals surface area contributed by atoms with Crippen molar-refractivity contribution < 1.29 is 35.9 Å². The summed E-state index contributed by atoms with van der Waals surface area (Å²) < 4.78 is 64.9. The van der Waals surface area contributed by atoms with E-state index in [1.165, 1.54) is 24.0 Å². The van der Waals surface area contributed by atoms with Gasteiger partial charge in [-0.3, -0.25) is 9.59 Å². The summed E-state index contributed by atoms with van der Waals surface area (Å²) in [4.78, 5) is 29.7. The molecular formula is C20H24F3N3O5S. The lowest BCUT2D eigenvalue weighted by atomic mass is 9.96. The molecule has 2 amide bonds. The van der Waals surface area contributed by atoms with Gasteiger partial charge >= 0.3 is 6.36 Å². The Morgan fingerprint density at radius 3 is 2.66 bits per heavy atom. The summed E-state index contributed by atoms with van der Waals surface area (Å²) >= 11 is 0. The van der Waals surface area contributed by atoms with E-state index >= 15 is 0 Å². The molecule has 1 saturated heterocycles. The maximum atomic E-state index is 12.7. The minimum atomic E-state index is -4.95. The molecule has 0 radical (unpaired) electrons. The van der Waals surface area contributed by atoms with Gasteiger partial charge in [-0.25, -0.2) is 13.3 Å². The number of rotatable bonds is 7. The zero-order valence-electron chi connectivity index (χ0n) is 17.6. The van der Waals surface area contributed by atoms with E-state index in [2.05, 4.69) is 14.9 Å². The molecular weight excluding hydrogens is 451 g/mol. The highest BCUT2D eigenvalue weighted by atomic mass is 32.2. The van der Waals surface area contributed by atoms with Gasteiger partial charge in [0.05, 0.1) is 18.2 Å². The van der Waals surface area contributed by atoms with E-state index in [-0.39, 0.29) is 36.0 Å². The van der Waals surface area contributed by atoms with Gasteiger partial charge in [0.1, 0.15) is 15.6 Å². The first-order valence-electron chi connectivity index (χ1n) is 9.79.